The van der Waals surface area contributed by atoms with Crippen molar-refractivity contribution in [3.8, 4) is 5.75 Å². The van der Waals surface area contributed by atoms with E-state index in [1.54, 1.807) is 6.07 Å². The Labute approximate surface area is 214 Å². The summed E-state index contributed by atoms with van der Waals surface area (Å²) in [6.45, 7) is 5.54. The zero-order valence-corrected chi connectivity index (χ0v) is 21.4. The van der Waals surface area contributed by atoms with Crippen LogP contribution in [0.15, 0.2) is 24.3 Å². The number of rotatable bonds is 6. The number of ether oxygens (including phenoxy) is 2. The molecule has 0 aliphatic carbocycles. The summed E-state index contributed by atoms with van der Waals surface area (Å²) in [6.07, 6.45) is -4.49. The highest BCUT2D eigenvalue weighted by molar-refractivity contribution is 7.22. The first kappa shape index (κ1) is 26.6. The molecule has 1 unspecified atom stereocenters. The topological polar surface area (TPSA) is 83.9 Å². The molecule has 194 valence electrons. The number of aromatic nitrogens is 1. The van der Waals surface area contributed by atoms with Crippen molar-refractivity contribution < 1.29 is 32.5 Å². The number of morpholine rings is 1. The molecule has 3 aromatic rings. The van der Waals surface area contributed by atoms with E-state index < -0.39 is 17.6 Å². The van der Waals surface area contributed by atoms with Gasteiger partial charge in [-0.25, -0.2) is 4.98 Å². The average molecular weight is 544 g/mol. The first-order valence-electron chi connectivity index (χ1n) is 11.1. The number of alkyl halides is 3. The fraction of sp³-hybridized carbons (Fsp3) is 0.417. The van der Waals surface area contributed by atoms with Crippen LogP contribution in [0.1, 0.15) is 40.9 Å². The molecule has 36 heavy (non-hydrogen) atoms. The van der Waals surface area contributed by atoms with Crippen molar-refractivity contribution in [3.05, 3.63) is 51.5 Å². The fourth-order valence-corrected chi connectivity index (χ4v) is 5.54. The smallest absolute Gasteiger partial charge is 0.416 e. The van der Waals surface area contributed by atoms with Crippen LogP contribution in [0.3, 0.4) is 0 Å². The summed E-state index contributed by atoms with van der Waals surface area (Å²) in [7, 11) is 1.37. The van der Waals surface area contributed by atoms with Crippen LogP contribution in [0.25, 0.3) is 10.2 Å². The van der Waals surface area contributed by atoms with E-state index in [1.807, 2.05) is 13.8 Å². The molecule has 1 amide bonds. The first-order valence-corrected chi connectivity index (χ1v) is 12.3. The third-order valence-electron chi connectivity index (χ3n) is 5.71. The van der Waals surface area contributed by atoms with Gasteiger partial charge in [-0.1, -0.05) is 22.9 Å². The van der Waals surface area contributed by atoms with E-state index >= 15 is 0 Å². The highest BCUT2D eigenvalue weighted by Gasteiger charge is 2.32. The first-order chi connectivity index (χ1) is 16.9. The summed E-state index contributed by atoms with van der Waals surface area (Å²) >= 11 is 7.15. The number of phenolic OH excluding ortho intramolecular Hbond substituents is 1. The number of nitrogens with one attached hydrogen (secondary N) is 1. The normalized spacial score (nSPS) is 19.1. The number of carbonyl (C=O) groups excluding carboxylic acids is 1. The number of benzene rings is 2. The molecule has 0 radical (unpaired) electrons. The molecular weight excluding hydrogens is 519 g/mol. The Balaban J connectivity index is 1.61. The highest BCUT2D eigenvalue weighted by Crippen LogP contribution is 2.37. The maximum absolute atomic E-state index is 13.3. The number of nitrogens with zero attached hydrogens (tertiary/aromatic N) is 2. The molecule has 2 atom stereocenters. The molecular formula is C24H25ClF3N3O4S. The Morgan fingerprint density at radius 2 is 1.94 bits per heavy atom. The molecule has 2 heterocycles. The average Bonchev–Trinajstić information content (AvgIpc) is 3.17. The molecule has 7 nitrogen and oxygen atoms in total. The Morgan fingerprint density at radius 3 is 2.58 bits per heavy atom. The van der Waals surface area contributed by atoms with Crippen molar-refractivity contribution in [3.63, 3.8) is 0 Å². The van der Waals surface area contributed by atoms with E-state index in [9.17, 15) is 23.1 Å². The van der Waals surface area contributed by atoms with Crippen LogP contribution in [-0.4, -0.2) is 53.3 Å². The zero-order valence-electron chi connectivity index (χ0n) is 19.8. The van der Waals surface area contributed by atoms with E-state index in [2.05, 4.69) is 15.2 Å². The van der Waals surface area contributed by atoms with E-state index in [-0.39, 0.29) is 50.5 Å². The van der Waals surface area contributed by atoms with Gasteiger partial charge in [0.05, 0.1) is 40.2 Å². The van der Waals surface area contributed by atoms with Gasteiger partial charge in [0.2, 0.25) is 0 Å². The van der Waals surface area contributed by atoms with Gasteiger partial charge in [-0.05, 0) is 38.1 Å². The third-order valence-corrected chi connectivity index (χ3v) is 6.84. The van der Waals surface area contributed by atoms with Gasteiger partial charge in [0.1, 0.15) is 5.75 Å². The number of carbonyl (C=O) groups is 1. The number of hydrogen-bond donors (Lipinski definition) is 2. The Morgan fingerprint density at radius 1 is 1.25 bits per heavy atom. The minimum atomic E-state index is -4.54. The number of thiazole rings is 1. The second-order valence-corrected chi connectivity index (χ2v) is 10.3. The van der Waals surface area contributed by atoms with Crippen LogP contribution in [0, 0.1) is 0 Å². The molecule has 0 bridgehead atoms. The molecule has 2 aromatic carbocycles. The Bertz CT molecular complexity index is 1270. The second kappa shape index (κ2) is 10.5. The van der Waals surface area contributed by atoms with Gasteiger partial charge in [-0.3, -0.25) is 15.0 Å². The standard InChI is InChI=1S/C24H25ClF3N3O4S/c1-12-8-31(9-13(2)35-12)10-14-5-17(25)7-18(21(14)32)22(33)30-23-29-20-15(11-34-3)4-16(24(26,27)28)6-19(20)36-23/h4-7,12-13,32H,8-11H2,1-3H3,(H,29,30,33)/t12-,13?/m0/s1. The summed E-state index contributed by atoms with van der Waals surface area (Å²) in [5.41, 5.74) is 0.153. The van der Waals surface area contributed by atoms with E-state index in [0.29, 0.717) is 30.7 Å². The summed E-state index contributed by atoms with van der Waals surface area (Å²) in [4.78, 5) is 19.5. The van der Waals surface area contributed by atoms with E-state index in [1.165, 1.54) is 13.2 Å². The van der Waals surface area contributed by atoms with Gasteiger partial charge >= 0.3 is 6.18 Å². The van der Waals surface area contributed by atoms with Crippen LogP contribution in [0.4, 0.5) is 18.3 Å². The molecule has 0 spiro atoms. The van der Waals surface area contributed by atoms with Crippen molar-refractivity contribution in [1.82, 2.24) is 9.88 Å². The maximum atomic E-state index is 13.3. The number of aromatic hydroxyl groups is 1. The molecule has 2 N–H and O–H groups in total. The Hall–Kier alpha value is -2.44. The van der Waals surface area contributed by atoms with Gasteiger partial charge in [0.15, 0.2) is 5.13 Å². The van der Waals surface area contributed by atoms with Crippen molar-refractivity contribution in [2.45, 2.75) is 45.4 Å². The predicted octanol–water partition coefficient (Wildman–Crippen LogP) is 5.68. The van der Waals surface area contributed by atoms with Gasteiger partial charge < -0.3 is 14.6 Å². The van der Waals surface area contributed by atoms with Gasteiger partial charge in [0.25, 0.3) is 5.91 Å². The van der Waals surface area contributed by atoms with E-state index in [0.717, 1.165) is 23.5 Å². The molecule has 0 saturated carbocycles. The van der Waals surface area contributed by atoms with Crippen molar-refractivity contribution >= 4 is 44.2 Å². The number of amides is 1. The summed E-state index contributed by atoms with van der Waals surface area (Å²) in [5, 5.41) is 13.8. The minimum absolute atomic E-state index is 0.0257. The SMILES string of the molecule is COCc1cc(C(F)(F)F)cc2sc(NC(=O)c3cc(Cl)cc(CN4CC(C)O[C@@H](C)C4)c3O)nc12. The van der Waals surface area contributed by atoms with Crippen LogP contribution in [0.5, 0.6) is 5.75 Å². The number of anilines is 1. The summed E-state index contributed by atoms with van der Waals surface area (Å²) in [5.74, 6) is -0.896. The minimum Gasteiger partial charge on any atom is -0.507 e. The lowest BCUT2D eigenvalue weighted by Crippen LogP contribution is -2.44. The van der Waals surface area contributed by atoms with Gasteiger partial charge in [-0.15, -0.1) is 0 Å². The lowest BCUT2D eigenvalue weighted by Gasteiger charge is -2.35. The molecule has 1 aliphatic heterocycles. The molecule has 1 aromatic heterocycles. The molecule has 12 heteroatoms. The highest BCUT2D eigenvalue weighted by atomic mass is 35.5. The van der Waals surface area contributed by atoms with Crippen molar-refractivity contribution in [1.29, 1.82) is 0 Å². The molecule has 4 rings (SSSR count). The predicted molar refractivity (Wildman–Crippen MR) is 132 cm³/mol. The number of hydrogen-bond acceptors (Lipinski definition) is 7. The van der Waals surface area contributed by atoms with E-state index in [4.69, 9.17) is 21.1 Å². The number of halogens is 4. The monoisotopic (exact) mass is 543 g/mol. The second-order valence-electron chi connectivity index (χ2n) is 8.80. The number of phenols is 1. The summed E-state index contributed by atoms with van der Waals surface area (Å²) < 4.78 is 51.0. The summed E-state index contributed by atoms with van der Waals surface area (Å²) in [6, 6.07) is 4.91. The van der Waals surface area contributed by atoms with Crippen molar-refractivity contribution in [2.24, 2.45) is 0 Å². The fourth-order valence-electron chi connectivity index (χ4n) is 4.35. The van der Waals surface area contributed by atoms with Crippen LogP contribution >= 0.6 is 22.9 Å². The molecule has 1 fully saturated rings. The largest absolute Gasteiger partial charge is 0.507 e. The zero-order chi connectivity index (χ0) is 26.2. The number of fused-ring (bicyclic) bond motifs is 1. The molecule has 1 saturated heterocycles. The van der Waals surface area contributed by atoms with Gasteiger partial charge in [-0.2, -0.15) is 13.2 Å². The lowest BCUT2D eigenvalue weighted by molar-refractivity contribution is -0.137. The van der Waals surface area contributed by atoms with Gasteiger partial charge in [0, 0.05) is 42.9 Å². The maximum Gasteiger partial charge on any atom is 0.416 e. The number of methoxy groups -OCH3 is 1. The van der Waals surface area contributed by atoms with Crippen LogP contribution in [0.2, 0.25) is 5.02 Å². The van der Waals surface area contributed by atoms with Crippen LogP contribution in [-0.2, 0) is 28.8 Å². The Kier molecular flexibility index (Phi) is 7.77. The quantitative estimate of drug-likeness (QED) is 0.416. The molecule has 1 aliphatic rings. The van der Waals surface area contributed by atoms with Crippen molar-refractivity contribution in [2.75, 3.05) is 25.5 Å². The third kappa shape index (κ3) is 5.92. The lowest BCUT2D eigenvalue weighted by atomic mass is 10.1. The van der Waals surface area contributed by atoms with Crippen LogP contribution < -0.4 is 5.32 Å².